The van der Waals surface area contributed by atoms with Crippen molar-refractivity contribution >= 4 is 5.97 Å². The van der Waals surface area contributed by atoms with Gasteiger partial charge < -0.3 is 14.9 Å². The van der Waals surface area contributed by atoms with Crippen LogP contribution in [0.1, 0.15) is 44.9 Å². The summed E-state index contributed by atoms with van der Waals surface area (Å²) in [5.74, 6) is -0.360. The monoisotopic (exact) mass is 258 g/mol. The molecule has 102 valence electrons. The summed E-state index contributed by atoms with van der Waals surface area (Å²) >= 11 is 0. The SMILES string of the molecule is O=C(CCF)OC12CC3CC(O)(CC(O)(C3)C1)C2. The molecule has 0 aromatic heterocycles. The lowest BCUT2D eigenvalue weighted by Crippen LogP contribution is -2.66. The van der Waals surface area contributed by atoms with Crippen molar-refractivity contribution in [1.29, 1.82) is 0 Å². The first-order chi connectivity index (χ1) is 8.36. The first kappa shape index (κ1) is 12.4. The van der Waals surface area contributed by atoms with Crippen molar-refractivity contribution < 1.29 is 24.1 Å². The van der Waals surface area contributed by atoms with Crippen molar-refractivity contribution in [3.63, 3.8) is 0 Å². The molecule has 2 atom stereocenters. The van der Waals surface area contributed by atoms with E-state index in [0.717, 1.165) is 0 Å². The van der Waals surface area contributed by atoms with Gasteiger partial charge in [-0.2, -0.15) is 0 Å². The van der Waals surface area contributed by atoms with E-state index >= 15 is 0 Å². The molecule has 4 bridgehead atoms. The van der Waals surface area contributed by atoms with Crippen LogP contribution < -0.4 is 0 Å². The Hall–Kier alpha value is -0.680. The Labute approximate surface area is 105 Å². The van der Waals surface area contributed by atoms with Crippen molar-refractivity contribution in [3.05, 3.63) is 0 Å². The molecule has 18 heavy (non-hydrogen) atoms. The molecule has 4 saturated carbocycles. The number of hydrogen-bond donors (Lipinski definition) is 2. The van der Waals surface area contributed by atoms with Gasteiger partial charge in [-0.1, -0.05) is 0 Å². The Morgan fingerprint density at radius 1 is 1.17 bits per heavy atom. The molecule has 4 nitrogen and oxygen atoms in total. The Balaban J connectivity index is 1.82. The van der Waals surface area contributed by atoms with Gasteiger partial charge in [-0.3, -0.25) is 9.18 Å². The molecule has 4 fully saturated rings. The van der Waals surface area contributed by atoms with Gasteiger partial charge in [0, 0.05) is 19.3 Å². The van der Waals surface area contributed by atoms with Gasteiger partial charge in [0.05, 0.1) is 24.3 Å². The average Bonchev–Trinajstić information content (AvgIpc) is 2.09. The van der Waals surface area contributed by atoms with Crippen molar-refractivity contribution in [2.45, 2.75) is 61.7 Å². The molecule has 0 aliphatic heterocycles. The molecule has 5 heteroatoms. The third-order valence-electron chi connectivity index (χ3n) is 4.59. The number of carbonyl (C=O) groups excluding carboxylic acids is 1. The highest BCUT2D eigenvalue weighted by Crippen LogP contribution is 2.60. The van der Waals surface area contributed by atoms with E-state index in [0.29, 0.717) is 38.5 Å². The number of hydrogen-bond acceptors (Lipinski definition) is 4. The summed E-state index contributed by atoms with van der Waals surface area (Å²) in [6, 6.07) is 0. The number of carbonyl (C=O) groups is 1. The number of aliphatic hydroxyl groups is 2. The lowest BCUT2D eigenvalue weighted by Gasteiger charge is -2.62. The van der Waals surface area contributed by atoms with Gasteiger partial charge in [-0.05, 0) is 25.2 Å². The summed E-state index contributed by atoms with van der Waals surface area (Å²) in [6.07, 6.45) is 2.95. The van der Waals surface area contributed by atoms with Crippen LogP contribution in [0.2, 0.25) is 0 Å². The molecule has 2 unspecified atom stereocenters. The molecule has 0 amide bonds. The van der Waals surface area contributed by atoms with Crippen LogP contribution >= 0.6 is 0 Å². The number of esters is 1. The van der Waals surface area contributed by atoms with Crippen molar-refractivity contribution in [1.82, 2.24) is 0 Å². The zero-order valence-electron chi connectivity index (χ0n) is 10.3. The Morgan fingerprint density at radius 3 is 2.28 bits per heavy atom. The second kappa shape index (κ2) is 3.67. The average molecular weight is 258 g/mol. The molecular weight excluding hydrogens is 239 g/mol. The fourth-order valence-electron chi connectivity index (χ4n) is 4.73. The van der Waals surface area contributed by atoms with E-state index in [1.54, 1.807) is 0 Å². The zero-order valence-corrected chi connectivity index (χ0v) is 10.3. The zero-order chi connectivity index (χ0) is 13.0. The molecule has 2 N–H and O–H groups in total. The summed E-state index contributed by atoms with van der Waals surface area (Å²) in [5.41, 5.74) is -2.59. The van der Waals surface area contributed by atoms with Crippen LogP contribution in [-0.2, 0) is 9.53 Å². The molecule has 0 heterocycles. The highest BCUT2D eigenvalue weighted by molar-refractivity contribution is 5.70. The normalized spacial score (nSPS) is 49.4. The lowest BCUT2D eigenvalue weighted by atomic mass is 9.50. The van der Waals surface area contributed by atoms with E-state index in [2.05, 4.69) is 0 Å². The van der Waals surface area contributed by atoms with Crippen LogP contribution in [0.5, 0.6) is 0 Å². The van der Waals surface area contributed by atoms with Crippen LogP contribution in [0.15, 0.2) is 0 Å². The minimum atomic E-state index is -0.913. The Kier molecular flexibility index (Phi) is 2.52. The summed E-state index contributed by atoms with van der Waals surface area (Å²) in [5, 5.41) is 20.9. The van der Waals surface area contributed by atoms with Gasteiger partial charge in [0.15, 0.2) is 0 Å². The number of rotatable bonds is 3. The highest BCUT2D eigenvalue weighted by Gasteiger charge is 2.64. The van der Waals surface area contributed by atoms with Gasteiger partial charge in [-0.25, -0.2) is 0 Å². The third-order valence-corrected chi connectivity index (χ3v) is 4.59. The van der Waals surface area contributed by atoms with Crippen molar-refractivity contribution in [2.75, 3.05) is 6.67 Å². The van der Waals surface area contributed by atoms with E-state index in [4.69, 9.17) is 4.74 Å². The third kappa shape index (κ3) is 1.93. The fourth-order valence-corrected chi connectivity index (χ4v) is 4.73. The van der Waals surface area contributed by atoms with Gasteiger partial charge in [0.1, 0.15) is 5.60 Å². The second-order valence-electron chi connectivity index (χ2n) is 6.55. The predicted molar refractivity (Wildman–Crippen MR) is 60.5 cm³/mol. The van der Waals surface area contributed by atoms with Crippen LogP contribution in [0.3, 0.4) is 0 Å². The Morgan fingerprint density at radius 2 is 1.78 bits per heavy atom. The van der Waals surface area contributed by atoms with E-state index in [9.17, 15) is 19.4 Å². The summed E-state index contributed by atoms with van der Waals surface area (Å²) < 4.78 is 17.6. The smallest absolute Gasteiger partial charge is 0.308 e. The minimum Gasteiger partial charge on any atom is -0.459 e. The summed E-state index contributed by atoms with van der Waals surface area (Å²) in [6.45, 7) is -0.729. The van der Waals surface area contributed by atoms with Crippen LogP contribution in [0, 0.1) is 5.92 Å². The van der Waals surface area contributed by atoms with E-state index < -0.39 is 29.4 Å². The quantitative estimate of drug-likeness (QED) is 0.744. The van der Waals surface area contributed by atoms with Gasteiger partial charge >= 0.3 is 5.97 Å². The standard InChI is InChI=1S/C13H19FO4/c14-2-1-10(15)18-13-5-9-3-11(16,7-13)6-12(17,4-9)8-13/h9,16-17H,1-8H2. The molecule has 4 aliphatic rings. The maximum absolute atomic E-state index is 12.2. The molecule has 4 rings (SSSR count). The number of alkyl halides is 1. The topological polar surface area (TPSA) is 66.8 Å². The van der Waals surface area contributed by atoms with Gasteiger partial charge in [-0.15, -0.1) is 0 Å². The highest BCUT2D eigenvalue weighted by atomic mass is 19.1. The van der Waals surface area contributed by atoms with Crippen LogP contribution in [-0.4, -0.2) is 39.7 Å². The summed E-state index contributed by atoms with van der Waals surface area (Å²) in [7, 11) is 0. The molecular formula is C13H19FO4. The van der Waals surface area contributed by atoms with Crippen LogP contribution in [0.4, 0.5) is 4.39 Å². The molecule has 0 radical (unpaired) electrons. The molecule has 4 aliphatic carbocycles. The fraction of sp³-hybridized carbons (Fsp3) is 0.923. The van der Waals surface area contributed by atoms with Crippen molar-refractivity contribution in [3.8, 4) is 0 Å². The first-order valence-electron chi connectivity index (χ1n) is 6.59. The van der Waals surface area contributed by atoms with E-state index in [1.807, 2.05) is 0 Å². The van der Waals surface area contributed by atoms with Gasteiger partial charge in [0.25, 0.3) is 0 Å². The Bertz CT molecular complexity index is 365. The first-order valence-corrected chi connectivity index (χ1v) is 6.59. The van der Waals surface area contributed by atoms with Crippen LogP contribution in [0.25, 0.3) is 0 Å². The lowest BCUT2D eigenvalue weighted by molar-refractivity contribution is -0.261. The largest absolute Gasteiger partial charge is 0.459 e. The maximum Gasteiger partial charge on any atom is 0.308 e. The second-order valence-corrected chi connectivity index (χ2v) is 6.55. The predicted octanol–water partition coefficient (Wildman–Crippen LogP) is 1.09. The van der Waals surface area contributed by atoms with E-state index in [-0.39, 0.29) is 12.3 Å². The van der Waals surface area contributed by atoms with Gasteiger partial charge in [0.2, 0.25) is 0 Å². The molecule has 0 saturated heterocycles. The maximum atomic E-state index is 12.2. The number of halogens is 1. The minimum absolute atomic E-state index is 0.203. The molecule has 0 aromatic rings. The number of ether oxygens (including phenoxy) is 1. The molecule has 0 spiro atoms. The van der Waals surface area contributed by atoms with Crippen molar-refractivity contribution in [2.24, 2.45) is 5.92 Å². The summed E-state index contributed by atoms with van der Waals surface area (Å²) in [4.78, 5) is 11.5. The van der Waals surface area contributed by atoms with E-state index in [1.165, 1.54) is 0 Å². The molecule has 0 aromatic carbocycles.